The molecule has 24 heavy (non-hydrogen) atoms. The van der Waals surface area contributed by atoms with Crippen LogP contribution in [0.25, 0.3) is 22.0 Å². The quantitative estimate of drug-likeness (QED) is 0.532. The zero-order valence-electron chi connectivity index (χ0n) is 12.4. The van der Waals surface area contributed by atoms with Crippen molar-refractivity contribution in [3.63, 3.8) is 0 Å². The van der Waals surface area contributed by atoms with E-state index in [1.165, 1.54) is 12.1 Å². The summed E-state index contributed by atoms with van der Waals surface area (Å²) in [5.41, 5.74) is 2.31. The largest absolute Gasteiger partial charge is 0.508 e. The van der Waals surface area contributed by atoms with Crippen LogP contribution < -0.4 is 0 Å². The van der Waals surface area contributed by atoms with Crippen LogP contribution in [0.15, 0.2) is 46.9 Å². The molecule has 0 fully saturated rings. The first-order valence-electron chi connectivity index (χ1n) is 7.06. The molecule has 4 rings (SSSR count). The number of hydrogen-bond donors (Lipinski definition) is 3. The Kier molecular flexibility index (Phi) is 4.30. The maximum Gasteiger partial charge on any atom is 0.371 e. The van der Waals surface area contributed by atoms with E-state index in [-0.39, 0.29) is 29.7 Å². The van der Waals surface area contributed by atoms with Crippen molar-refractivity contribution in [1.29, 1.82) is 0 Å². The number of halogens is 1. The Balaban J connectivity index is 0.00000169. The Bertz CT molecular complexity index is 969. The number of rotatable bonds is 1. The van der Waals surface area contributed by atoms with Crippen molar-refractivity contribution in [3.8, 4) is 17.2 Å². The van der Waals surface area contributed by atoms with Crippen LogP contribution in [0.4, 0.5) is 0 Å². The Morgan fingerprint density at radius 2 is 1.71 bits per heavy atom. The van der Waals surface area contributed by atoms with E-state index in [1.54, 1.807) is 30.0 Å². The minimum atomic E-state index is 0. The van der Waals surface area contributed by atoms with Crippen LogP contribution in [-0.2, 0) is 5.75 Å². The number of benzene rings is 2. The number of fused-ring (bicyclic) bond motifs is 2. The van der Waals surface area contributed by atoms with Crippen LogP contribution in [-0.4, -0.2) is 15.3 Å². The van der Waals surface area contributed by atoms with E-state index in [9.17, 15) is 15.3 Å². The van der Waals surface area contributed by atoms with Gasteiger partial charge in [-0.3, -0.25) is 0 Å². The molecule has 2 heterocycles. The number of hydrogen-bond acceptors (Lipinski definition) is 4. The molecule has 1 aliphatic heterocycles. The highest BCUT2D eigenvalue weighted by atomic mass is 35.5. The van der Waals surface area contributed by atoms with Crippen LogP contribution in [0.2, 0.25) is 0 Å². The first kappa shape index (κ1) is 16.5. The molecule has 6 heteroatoms. The second kappa shape index (κ2) is 6.26. The van der Waals surface area contributed by atoms with Crippen LogP contribution in [0, 0.1) is 0 Å². The molecule has 0 saturated heterocycles. The number of phenols is 3. The fraction of sp³-hybridized carbons (Fsp3) is 0.0556. The van der Waals surface area contributed by atoms with Crippen LogP contribution >= 0.6 is 24.2 Å². The molecule has 2 aromatic carbocycles. The molecule has 0 unspecified atom stereocenters. The topological polar surface area (TPSA) is 72.0 Å². The van der Waals surface area contributed by atoms with Gasteiger partial charge in [0.1, 0.15) is 22.2 Å². The summed E-state index contributed by atoms with van der Waals surface area (Å²) in [6, 6.07) is 11.6. The molecule has 1 aromatic heterocycles. The molecule has 0 bridgehead atoms. The van der Waals surface area contributed by atoms with Gasteiger partial charge < -0.3 is 15.3 Å². The summed E-state index contributed by atoms with van der Waals surface area (Å²) in [6.45, 7) is 0. The van der Waals surface area contributed by atoms with Crippen molar-refractivity contribution in [2.24, 2.45) is 0 Å². The van der Waals surface area contributed by atoms with Gasteiger partial charge in [0.05, 0.1) is 17.0 Å². The van der Waals surface area contributed by atoms with Crippen molar-refractivity contribution >= 4 is 46.1 Å². The minimum Gasteiger partial charge on any atom is -0.508 e. The van der Waals surface area contributed by atoms with Crippen molar-refractivity contribution in [2.45, 2.75) is 5.75 Å². The first-order valence-corrected chi connectivity index (χ1v) is 8.04. The Labute approximate surface area is 148 Å². The van der Waals surface area contributed by atoms with E-state index in [0.29, 0.717) is 11.1 Å². The average molecular weight is 362 g/mol. The number of thioether (sulfide) groups is 1. The molecule has 0 spiro atoms. The summed E-state index contributed by atoms with van der Waals surface area (Å²) in [5.74, 6) is 1.75. The molecule has 0 amide bonds. The van der Waals surface area contributed by atoms with E-state index >= 15 is 0 Å². The summed E-state index contributed by atoms with van der Waals surface area (Å²) in [4.78, 5) is 0.909. The molecular weight excluding hydrogens is 348 g/mol. The third-order valence-electron chi connectivity index (χ3n) is 3.74. The van der Waals surface area contributed by atoms with Gasteiger partial charge >= 0.3 is 11.3 Å². The molecule has 122 valence electrons. The molecule has 1 aliphatic rings. The van der Waals surface area contributed by atoms with Crippen LogP contribution in [0.3, 0.4) is 0 Å². The monoisotopic (exact) mass is 361 g/mol. The summed E-state index contributed by atoms with van der Waals surface area (Å²) in [7, 11) is 0. The van der Waals surface area contributed by atoms with Crippen molar-refractivity contribution in [1.82, 2.24) is 0 Å². The van der Waals surface area contributed by atoms with Gasteiger partial charge in [0.25, 0.3) is 0 Å². The highest BCUT2D eigenvalue weighted by Gasteiger charge is 2.30. The highest BCUT2D eigenvalue weighted by Crippen LogP contribution is 2.44. The van der Waals surface area contributed by atoms with Gasteiger partial charge in [-0.2, -0.15) is 0 Å². The van der Waals surface area contributed by atoms with Gasteiger partial charge in [0.2, 0.25) is 0 Å². The number of phenolic OH excluding ortho intramolecular Hbond substituents is 3. The molecule has 0 atom stereocenters. The summed E-state index contributed by atoms with van der Waals surface area (Å²) >= 11 is 1.62. The fourth-order valence-corrected chi connectivity index (χ4v) is 3.64. The molecule has 0 radical (unpaired) electrons. The zero-order valence-corrected chi connectivity index (χ0v) is 14.0. The zero-order chi connectivity index (χ0) is 16.0. The van der Waals surface area contributed by atoms with Crippen molar-refractivity contribution < 1.29 is 19.7 Å². The summed E-state index contributed by atoms with van der Waals surface area (Å²) in [6.07, 6.45) is 1.84. The van der Waals surface area contributed by atoms with Gasteiger partial charge in [-0.05, 0) is 36.4 Å². The summed E-state index contributed by atoms with van der Waals surface area (Å²) in [5, 5.41) is 29.8. The normalized spacial score (nSPS) is 14.6. The van der Waals surface area contributed by atoms with Gasteiger partial charge in [-0.15, -0.1) is 24.2 Å². The molecule has 3 aromatic rings. The standard InChI is InChI=1S/C18H12O4S.ClH/c19-13-3-1-10(15(21)7-13)6-17-18-12(9-23-17)5-11-2-4-14(20)8-16(11)22-18;/h1-8H,9H2,(H2-,19,20,21);1H/p+1/b17-6-;. The van der Waals surface area contributed by atoms with Gasteiger partial charge in [0, 0.05) is 17.4 Å². The average Bonchev–Trinajstić information content (AvgIpc) is 2.90. The highest BCUT2D eigenvalue weighted by molar-refractivity contribution is 8.08. The van der Waals surface area contributed by atoms with E-state index in [2.05, 4.69) is 6.07 Å². The van der Waals surface area contributed by atoms with Gasteiger partial charge in [-0.25, -0.2) is 4.42 Å². The maximum absolute atomic E-state index is 9.93. The lowest BCUT2D eigenvalue weighted by Crippen LogP contribution is -1.83. The fourth-order valence-electron chi connectivity index (χ4n) is 2.60. The van der Waals surface area contributed by atoms with E-state index in [1.807, 2.05) is 12.1 Å². The third kappa shape index (κ3) is 2.88. The Morgan fingerprint density at radius 1 is 0.958 bits per heavy atom. The Morgan fingerprint density at radius 3 is 2.50 bits per heavy atom. The van der Waals surface area contributed by atoms with Gasteiger partial charge in [-0.1, -0.05) is 0 Å². The van der Waals surface area contributed by atoms with Crippen LogP contribution in [0.1, 0.15) is 16.9 Å². The molecule has 0 saturated carbocycles. The molecular formula is C18H14ClO4S+. The van der Waals surface area contributed by atoms with Crippen molar-refractivity contribution in [3.05, 3.63) is 59.4 Å². The SMILES string of the molecule is Cl.Oc1ccc(/C=C2\SCc3cc4ccc(O)cc4[o+]c32)c(O)c1. The maximum atomic E-state index is 9.93. The molecule has 3 N–H and O–H groups in total. The predicted octanol–water partition coefficient (Wildman–Crippen LogP) is 5.00. The Hall–Kier alpha value is -2.37. The van der Waals surface area contributed by atoms with E-state index in [0.717, 1.165) is 27.4 Å². The lowest BCUT2D eigenvalue weighted by molar-refractivity contribution is 0.450. The lowest BCUT2D eigenvalue weighted by Gasteiger charge is -2.00. The molecule has 0 aliphatic carbocycles. The van der Waals surface area contributed by atoms with E-state index in [4.69, 9.17) is 4.42 Å². The molecule has 4 nitrogen and oxygen atoms in total. The van der Waals surface area contributed by atoms with Gasteiger partial charge in [0.15, 0.2) is 0 Å². The second-order valence-electron chi connectivity index (χ2n) is 5.36. The minimum absolute atomic E-state index is 0. The van der Waals surface area contributed by atoms with E-state index < -0.39 is 0 Å². The predicted molar refractivity (Wildman–Crippen MR) is 98.5 cm³/mol. The third-order valence-corrected chi connectivity index (χ3v) is 4.81. The number of aromatic hydroxyl groups is 3. The lowest BCUT2D eigenvalue weighted by atomic mass is 10.1. The first-order chi connectivity index (χ1) is 11.1. The smallest absolute Gasteiger partial charge is 0.371 e. The second-order valence-corrected chi connectivity index (χ2v) is 6.38. The van der Waals surface area contributed by atoms with Crippen molar-refractivity contribution in [2.75, 3.05) is 0 Å². The summed E-state index contributed by atoms with van der Waals surface area (Å²) < 4.78 is 5.95. The van der Waals surface area contributed by atoms with Crippen LogP contribution in [0.5, 0.6) is 17.2 Å².